The molecule has 0 aliphatic rings. The molecule has 0 aliphatic heterocycles. The highest BCUT2D eigenvalue weighted by Crippen LogP contribution is 2.13. The summed E-state index contributed by atoms with van der Waals surface area (Å²) in [6, 6.07) is 15.5. The number of pyridine rings is 1. The molecule has 1 aromatic carbocycles. The molecule has 0 radical (unpaired) electrons. The van der Waals surface area contributed by atoms with Crippen LogP contribution < -0.4 is 5.32 Å². The third kappa shape index (κ3) is 3.46. The van der Waals surface area contributed by atoms with Gasteiger partial charge in [-0.25, -0.2) is 4.98 Å². The second-order valence-corrected chi connectivity index (χ2v) is 5.46. The average Bonchev–Trinajstić information content (AvgIpc) is 2.96. The molecule has 0 atom stereocenters. The Hall–Kier alpha value is -2.33. The fourth-order valence-corrected chi connectivity index (χ4v) is 2.50. The van der Waals surface area contributed by atoms with Crippen LogP contribution in [0.5, 0.6) is 0 Å². The molecule has 0 spiro atoms. The van der Waals surface area contributed by atoms with Gasteiger partial charge in [0.15, 0.2) is 0 Å². The molecule has 3 rings (SSSR count). The van der Waals surface area contributed by atoms with Gasteiger partial charge < -0.3 is 5.32 Å². The quantitative estimate of drug-likeness (QED) is 0.735. The minimum Gasteiger partial charge on any atom is -0.350 e. The number of fused-ring (bicyclic) bond motifs is 1. The molecule has 0 saturated heterocycles. The van der Waals surface area contributed by atoms with E-state index in [-0.39, 0.29) is 5.91 Å². The molecule has 0 bridgehead atoms. The van der Waals surface area contributed by atoms with Crippen LogP contribution in [0.2, 0.25) is 5.15 Å². The lowest BCUT2D eigenvalue weighted by atomic mass is 10.1. The van der Waals surface area contributed by atoms with E-state index in [9.17, 15) is 4.79 Å². The van der Waals surface area contributed by atoms with E-state index in [0.29, 0.717) is 18.1 Å². The van der Waals surface area contributed by atoms with E-state index in [0.717, 1.165) is 23.3 Å². The van der Waals surface area contributed by atoms with Gasteiger partial charge in [0.2, 0.25) is 5.91 Å². The minimum absolute atomic E-state index is 0.0204. The molecule has 2 heterocycles. The Labute approximate surface area is 133 Å². The molecule has 112 valence electrons. The van der Waals surface area contributed by atoms with E-state index in [2.05, 4.69) is 10.3 Å². The van der Waals surface area contributed by atoms with Crippen LogP contribution >= 0.6 is 11.6 Å². The van der Waals surface area contributed by atoms with Crippen molar-refractivity contribution in [2.45, 2.75) is 19.4 Å². The zero-order valence-corrected chi connectivity index (χ0v) is 12.8. The summed E-state index contributed by atoms with van der Waals surface area (Å²) in [5.74, 6) is 0.0204. The Morgan fingerprint density at radius 3 is 2.73 bits per heavy atom. The van der Waals surface area contributed by atoms with Crippen LogP contribution in [-0.2, 0) is 17.8 Å². The maximum atomic E-state index is 11.9. The normalized spacial score (nSPS) is 10.8. The molecule has 4 nitrogen and oxygen atoms in total. The monoisotopic (exact) mass is 313 g/mol. The largest absolute Gasteiger partial charge is 0.350 e. The van der Waals surface area contributed by atoms with Crippen molar-refractivity contribution in [2.24, 2.45) is 0 Å². The first-order valence-corrected chi connectivity index (χ1v) is 7.53. The molecule has 5 heteroatoms. The lowest BCUT2D eigenvalue weighted by Gasteiger charge is -2.03. The Bertz CT molecular complexity index is 783. The highest BCUT2D eigenvalue weighted by molar-refractivity contribution is 6.29. The Balaban J connectivity index is 1.55. The van der Waals surface area contributed by atoms with Gasteiger partial charge in [-0.05, 0) is 24.1 Å². The fourth-order valence-electron chi connectivity index (χ4n) is 2.29. The number of rotatable bonds is 5. The van der Waals surface area contributed by atoms with Gasteiger partial charge in [0.1, 0.15) is 10.8 Å². The Morgan fingerprint density at radius 2 is 1.95 bits per heavy atom. The number of nitrogens with zero attached hydrogens (tertiary/aromatic N) is 2. The molecule has 0 saturated carbocycles. The van der Waals surface area contributed by atoms with E-state index in [1.54, 1.807) is 10.5 Å². The van der Waals surface area contributed by atoms with Gasteiger partial charge in [-0.15, -0.1) is 0 Å². The lowest BCUT2D eigenvalue weighted by Crippen LogP contribution is -2.23. The number of aromatic nitrogens is 2. The third-order valence-corrected chi connectivity index (χ3v) is 3.75. The van der Waals surface area contributed by atoms with Crippen LogP contribution in [0.4, 0.5) is 0 Å². The number of benzene rings is 1. The van der Waals surface area contributed by atoms with Crippen LogP contribution in [-0.4, -0.2) is 15.3 Å². The number of imidazole rings is 1. The van der Waals surface area contributed by atoms with Crippen molar-refractivity contribution in [1.29, 1.82) is 0 Å². The summed E-state index contributed by atoms with van der Waals surface area (Å²) in [6.45, 7) is 0.408. The van der Waals surface area contributed by atoms with Crippen molar-refractivity contribution in [3.05, 3.63) is 71.1 Å². The smallest absolute Gasteiger partial charge is 0.220 e. The summed E-state index contributed by atoms with van der Waals surface area (Å²) < 4.78 is 1.80. The van der Waals surface area contributed by atoms with Crippen molar-refractivity contribution >= 4 is 23.2 Å². The van der Waals surface area contributed by atoms with Gasteiger partial charge in [-0.2, -0.15) is 0 Å². The topological polar surface area (TPSA) is 46.4 Å². The molecular weight excluding hydrogens is 298 g/mol. The molecule has 1 N–H and O–H groups in total. The first kappa shape index (κ1) is 14.6. The summed E-state index contributed by atoms with van der Waals surface area (Å²) in [6.07, 6.45) is 3.05. The van der Waals surface area contributed by atoms with Crippen LogP contribution in [0.1, 0.15) is 17.7 Å². The molecule has 0 aliphatic carbocycles. The number of amides is 1. The predicted octanol–water partition coefficient (Wildman–Crippen LogP) is 3.24. The molecule has 3 aromatic rings. The number of aryl methyl sites for hydroxylation is 1. The van der Waals surface area contributed by atoms with Crippen molar-refractivity contribution in [3.63, 3.8) is 0 Å². The molecule has 0 fully saturated rings. The molecule has 1 amide bonds. The second-order valence-electron chi connectivity index (χ2n) is 5.07. The molecule has 22 heavy (non-hydrogen) atoms. The van der Waals surface area contributed by atoms with Crippen LogP contribution in [0.15, 0.2) is 54.7 Å². The van der Waals surface area contributed by atoms with E-state index in [1.165, 1.54) is 0 Å². The van der Waals surface area contributed by atoms with Gasteiger partial charge >= 0.3 is 0 Å². The predicted molar refractivity (Wildman–Crippen MR) is 86.8 cm³/mol. The number of halogens is 1. The summed E-state index contributed by atoms with van der Waals surface area (Å²) >= 11 is 6.09. The summed E-state index contributed by atoms with van der Waals surface area (Å²) in [7, 11) is 0. The van der Waals surface area contributed by atoms with Crippen molar-refractivity contribution in [2.75, 3.05) is 0 Å². The van der Waals surface area contributed by atoms with Gasteiger partial charge in [0.05, 0.1) is 12.2 Å². The second kappa shape index (κ2) is 6.62. The van der Waals surface area contributed by atoms with Crippen LogP contribution in [0.25, 0.3) is 5.65 Å². The van der Waals surface area contributed by atoms with Gasteiger partial charge in [-0.1, -0.05) is 48.0 Å². The minimum atomic E-state index is 0.0204. The SMILES string of the molecule is O=C(CCc1ccccc1)NCc1cn2c(Cl)cccc2n1. The van der Waals surface area contributed by atoms with Gasteiger partial charge in [0, 0.05) is 12.6 Å². The van der Waals surface area contributed by atoms with Gasteiger partial charge in [-0.3, -0.25) is 9.20 Å². The average molecular weight is 314 g/mol. The fraction of sp³-hybridized carbons (Fsp3) is 0.176. The van der Waals surface area contributed by atoms with E-state index < -0.39 is 0 Å². The number of carbonyl (C=O) groups is 1. The maximum absolute atomic E-state index is 11.9. The number of hydrogen-bond acceptors (Lipinski definition) is 2. The standard InChI is InChI=1S/C17H16ClN3O/c18-15-7-4-8-16-20-14(12-21(15)16)11-19-17(22)10-9-13-5-2-1-3-6-13/h1-8,12H,9-11H2,(H,19,22). The number of nitrogens with one attached hydrogen (secondary N) is 1. The summed E-state index contributed by atoms with van der Waals surface area (Å²) in [5.41, 5.74) is 2.74. The zero-order chi connectivity index (χ0) is 15.4. The first-order chi connectivity index (χ1) is 10.7. The third-order valence-electron chi connectivity index (χ3n) is 3.44. The van der Waals surface area contributed by atoms with Crippen molar-refractivity contribution in [1.82, 2.24) is 14.7 Å². The number of carbonyl (C=O) groups excluding carboxylic acids is 1. The first-order valence-electron chi connectivity index (χ1n) is 7.15. The van der Waals surface area contributed by atoms with E-state index in [1.807, 2.05) is 48.7 Å². The van der Waals surface area contributed by atoms with Crippen LogP contribution in [0.3, 0.4) is 0 Å². The summed E-state index contributed by atoms with van der Waals surface area (Å²) in [5, 5.41) is 3.50. The van der Waals surface area contributed by atoms with Crippen LogP contribution in [0, 0.1) is 0 Å². The zero-order valence-electron chi connectivity index (χ0n) is 12.0. The van der Waals surface area contributed by atoms with E-state index >= 15 is 0 Å². The lowest BCUT2D eigenvalue weighted by molar-refractivity contribution is -0.121. The summed E-state index contributed by atoms with van der Waals surface area (Å²) in [4.78, 5) is 16.3. The molecule has 0 unspecified atom stereocenters. The highest BCUT2D eigenvalue weighted by atomic mass is 35.5. The van der Waals surface area contributed by atoms with Crippen molar-refractivity contribution < 1.29 is 4.79 Å². The maximum Gasteiger partial charge on any atom is 0.220 e. The molecular formula is C17H16ClN3O. The van der Waals surface area contributed by atoms with E-state index in [4.69, 9.17) is 11.6 Å². The Morgan fingerprint density at radius 1 is 1.14 bits per heavy atom. The highest BCUT2D eigenvalue weighted by Gasteiger charge is 2.06. The molecule has 2 aromatic heterocycles. The Kier molecular flexibility index (Phi) is 4.39. The van der Waals surface area contributed by atoms with Gasteiger partial charge in [0.25, 0.3) is 0 Å². The van der Waals surface area contributed by atoms with Crippen molar-refractivity contribution in [3.8, 4) is 0 Å². The number of hydrogen-bond donors (Lipinski definition) is 1.